The Balaban J connectivity index is 1.69. The van der Waals surface area contributed by atoms with Crippen molar-refractivity contribution >= 4 is 28.2 Å². The van der Waals surface area contributed by atoms with Crippen LogP contribution in [0.5, 0.6) is 0 Å². The molecule has 3 heteroatoms. The standard InChI is InChI=1S/C17H15ClN2/c18-14-7-5-13(6-8-14)9-11-19-17-10-12-20-16-4-2-1-3-15(16)17/h1-8,10,12H,9,11H2,(H,19,20). The van der Waals surface area contributed by atoms with E-state index in [9.17, 15) is 0 Å². The topological polar surface area (TPSA) is 24.9 Å². The largest absolute Gasteiger partial charge is 0.384 e. The monoisotopic (exact) mass is 282 g/mol. The maximum atomic E-state index is 5.88. The van der Waals surface area contributed by atoms with Gasteiger partial charge in [0, 0.05) is 28.8 Å². The second-order valence-electron chi connectivity index (χ2n) is 4.68. The maximum Gasteiger partial charge on any atom is 0.0722 e. The Kier molecular flexibility index (Phi) is 3.84. The van der Waals surface area contributed by atoms with E-state index >= 15 is 0 Å². The number of hydrogen-bond acceptors (Lipinski definition) is 2. The van der Waals surface area contributed by atoms with E-state index in [-0.39, 0.29) is 0 Å². The van der Waals surface area contributed by atoms with Crippen molar-refractivity contribution in [3.8, 4) is 0 Å². The lowest BCUT2D eigenvalue weighted by molar-refractivity contribution is 1.02. The summed E-state index contributed by atoms with van der Waals surface area (Å²) in [5.74, 6) is 0. The molecule has 0 aliphatic rings. The molecule has 0 bridgehead atoms. The van der Waals surface area contributed by atoms with Gasteiger partial charge in [0.15, 0.2) is 0 Å². The lowest BCUT2D eigenvalue weighted by Crippen LogP contribution is -2.05. The highest BCUT2D eigenvalue weighted by Crippen LogP contribution is 2.20. The average Bonchev–Trinajstić information content (AvgIpc) is 2.49. The van der Waals surface area contributed by atoms with Crippen LogP contribution in [0.1, 0.15) is 5.56 Å². The van der Waals surface area contributed by atoms with Gasteiger partial charge in [-0.3, -0.25) is 4.98 Å². The number of para-hydroxylation sites is 1. The predicted octanol–water partition coefficient (Wildman–Crippen LogP) is 4.54. The molecule has 2 aromatic carbocycles. The van der Waals surface area contributed by atoms with Crippen molar-refractivity contribution in [3.05, 3.63) is 71.4 Å². The summed E-state index contributed by atoms with van der Waals surface area (Å²) in [5.41, 5.74) is 3.42. The van der Waals surface area contributed by atoms with Gasteiger partial charge in [0.05, 0.1) is 5.52 Å². The number of nitrogens with one attached hydrogen (secondary N) is 1. The third-order valence-corrected chi connectivity index (χ3v) is 3.54. The molecule has 0 radical (unpaired) electrons. The van der Waals surface area contributed by atoms with Gasteiger partial charge >= 0.3 is 0 Å². The van der Waals surface area contributed by atoms with Gasteiger partial charge in [-0.25, -0.2) is 0 Å². The number of anilines is 1. The molecular formula is C17H15ClN2. The molecule has 0 amide bonds. The first-order valence-corrected chi connectivity index (χ1v) is 7.03. The molecule has 1 aromatic heterocycles. The lowest BCUT2D eigenvalue weighted by Gasteiger charge is -2.09. The second kappa shape index (κ2) is 5.93. The Morgan fingerprint density at radius 1 is 0.950 bits per heavy atom. The van der Waals surface area contributed by atoms with Gasteiger partial charge in [0.25, 0.3) is 0 Å². The fourth-order valence-corrected chi connectivity index (χ4v) is 2.37. The first-order chi connectivity index (χ1) is 9.83. The van der Waals surface area contributed by atoms with Crippen LogP contribution in [-0.4, -0.2) is 11.5 Å². The minimum atomic E-state index is 0.779. The summed E-state index contributed by atoms with van der Waals surface area (Å²) in [6, 6.07) is 18.2. The molecule has 3 aromatic rings. The highest BCUT2D eigenvalue weighted by Gasteiger charge is 2.00. The number of rotatable bonds is 4. The summed E-state index contributed by atoms with van der Waals surface area (Å²) in [7, 11) is 0. The third kappa shape index (κ3) is 2.91. The first kappa shape index (κ1) is 12.9. The molecule has 0 fully saturated rings. The van der Waals surface area contributed by atoms with E-state index in [2.05, 4.69) is 28.5 Å². The summed E-state index contributed by atoms with van der Waals surface area (Å²) in [5, 5.41) is 5.42. The van der Waals surface area contributed by atoms with Crippen LogP contribution in [0.2, 0.25) is 5.02 Å². The number of hydrogen-bond donors (Lipinski definition) is 1. The molecule has 2 nitrogen and oxygen atoms in total. The fourth-order valence-electron chi connectivity index (χ4n) is 2.24. The number of fused-ring (bicyclic) bond motifs is 1. The van der Waals surface area contributed by atoms with E-state index in [0.717, 1.165) is 34.6 Å². The number of aromatic nitrogens is 1. The Morgan fingerprint density at radius 3 is 2.60 bits per heavy atom. The van der Waals surface area contributed by atoms with Crippen LogP contribution in [0.3, 0.4) is 0 Å². The molecule has 0 unspecified atom stereocenters. The molecule has 0 atom stereocenters. The van der Waals surface area contributed by atoms with Gasteiger partial charge in [0.2, 0.25) is 0 Å². The van der Waals surface area contributed by atoms with Gasteiger partial charge in [-0.2, -0.15) is 0 Å². The molecule has 1 heterocycles. The predicted molar refractivity (Wildman–Crippen MR) is 85.4 cm³/mol. The van der Waals surface area contributed by atoms with Crippen LogP contribution >= 0.6 is 11.6 Å². The maximum absolute atomic E-state index is 5.88. The zero-order valence-electron chi connectivity index (χ0n) is 11.0. The molecule has 1 N–H and O–H groups in total. The second-order valence-corrected chi connectivity index (χ2v) is 5.12. The van der Waals surface area contributed by atoms with E-state index < -0.39 is 0 Å². The van der Waals surface area contributed by atoms with Gasteiger partial charge in [0.1, 0.15) is 0 Å². The number of halogens is 1. The molecule has 20 heavy (non-hydrogen) atoms. The third-order valence-electron chi connectivity index (χ3n) is 3.29. The van der Waals surface area contributed by atoms with Crippen molar-refractivity contribution < 1.29 is 0 Å². The summed E-state index contributed by atoms with van der Waals surface area (Å²) in [6.07, 6.45) is 2.81. The average molecular weight is 283 g/mol. The van der Waals surface area contributed by atoms with Crippen molar-refractivity contribution in [2.75, 3.05) is 11.9 Å². The van der Waals surface area contributed by atoms with E-state index in [4.69, 9.17) is 11.6 Å². The highest BCUT2D eigenvalue weighted by atomic mass is 35.5. The van der Waals surface area contributed by atoms with Gasteiger partial charge in [-0.05, 0) is 36.2 Å². The number of pyridine rings is 1. The Morgan fingerprint density at radius 2 is 1.75 bits per heavy atom. The minimum absolute atomic E-state index is 0.779. The van der Waals surface area contributed by atoms with Crippen LogP contribution in [0.25, 0.3) is 10.9 Å². The zero-order chi connectivity index (χ0) is 13.8. The van der Waals surface area contributed by atoms with Crippen LogP contribution in [0, 0.1) is 0 Å². The van der Waals surface area contributed by atoms with Crippen LogP contribution in [0.4, 0.5) is 5.69 Å². The Hall–Kier alpha value is -2.06. The molecule has 0 saturated heterocycles. The van der Waals surface area contributed by atoms with Crippen molar-refractivity contribution in [3.63, 3.8) is 0 Å². The minimum Gasteiger partial charge on any atom is -0.384 e. The molecule has 0 aliphatic heterocycles. The van der Waals surface area contributed by atoms with Crippen molar-refractivity contribution in [1.29, 1.82) is 0 Å². The molecule has 0 spiro atoms. The summed E-state index contributed by atoms with van der Waals surface area (Å²) < 4.78 is 0. The van der Waals surface area contributed by atoms with Crippen molar-refractivity contribution in [1.82, 2.24) is 4.98 Å². The molecule has 3 rings (SSSR count). The molecular weight excluding hydrogens is 268 g/mol. The van der Waals surface area contributed by atoms with Gasteiger partial charge < -0.3 is 5.32 Å². The lowest BCUT2D eigenvalue weighted by atomic mass is 10.1. The summed E-state index contributed by atoms with van der Waals surface area (Å²) in [6.45, 7) is 0.885. The summed E-state index contributed by atoms with van der Waals surface area (Å²) in [4.78, 5) is 4.36. The smallest absolute Gasteiger partial charge is 0.0722 e. The molecule has 100 valence electrons. The van der Waals surface area contributed by atoms with E-state index in [1.807, 2.05) is 42.6 Å². The normalized spacial score (nSPS) is 10.7. The van der Waals surface area contributed by atoms with Crippen LogP contribution in [-0.2, 0) is 6.42 Å². The van der Waals surface area contributed by atoms with Gasteiger partial charge in [-0.15, -0.1) is 0 Å². The van der Waals surface area contributed by atoms with Gasteiger partial charge in [-0.1, -0.05) is 41.9 Å². The SMILES string of the molecule is Clc1ccc(CCNc2ccnc3ccccc23)cc1. The van der Waals surface area contributed by atoms with E-state index in [0.29, 0.717) is 0 Å². The van der Waals surface area contributed by atoms with Crippen LogP contribution in [0.15, 0.2) is 60.8 Å². The van der Waals surface area contributed by atoms with Crippen molar-refractivity contribution in [2.24, 2.45) is 0 Å². The quantitative estimate of drug-likeness (QED) is 0.760. The van der Waals surface area contributed by atoms with Crippen molar-refractivity contribution in [2.45, 2.75) is 6.42 Å². The first-order valence-electron chi connectivity index (χ1n) is 6.65. The number of benzene rings is 2. The zero-order valence-corrected chi connectivity index (χ0v) is 11.8. The number of nitrogens with zero attached hydrogens (tertiary/aromatic N) is 1. The summed E-state index contributed by atoms with van der Waals surface area (Å²) >= 11 is 5.88. The Bertz CT molecular complexity index is 702. The molecule has 0 saturated carbocycles. The Labute approximate surface area is 123 Å². The highest BCUT2D eigenvalue weighted by molar-refractivity contribution is 6.30. The van der Waals surface area contributed by atoms with E-state index in [1.54, 1.807) is 0 Å². The van der Waals surface area contributed by atoms with Crippen LogP contribution < -0.4 is 5.32 Å². The molecule has 0 aliphatic carbocycles. The fraction of sp³-hybridized carbons (Fsp3) is 0.118. The van der Waals surface area contributed by atoms with E-state index in [1.165, 1.54) is 5.56 Å².